The van der Waals surface area contributed by atoms with Crippen LogP contribution in [0.4, 0.5) is 0 Å². The van der Waals surface area contributed by atoms with Crippen molar-refractivity contribution in [2.75, 3.05) is 7.11 Å². The number of hydrogen-bond acceptors (Lipinski definition) is 6. The fraction of sp³-hybridized carbons (Fsp3) is 0.167. The largest absolute Gasteiger partial charge is 0.482 e. The average Bonchev–Trinajstić information content (AvgIpc) is 3.02. The van der Waals surface area contributed by atoms with Gasteiger partial charge in [-0.3, -0.25) is 0 Å². The second-order valence-corrected chi connectivity index (χ2v) is 5.26. The average molecular weight is 338 g/mol. The van der Waals surface area contributed by atoms with E-state index in [1.165, 1.54) is 12.1 Å². The SMILES string of the molecule is COCc1ccc(C#N)c(OCc2nc3ccc(C(=O)O)cc3o2)c1. The molecule has 0 aliphatic rings. The summed E-state index contributed by atoms with van der Waals surface area (Å²) in [5, 5.41) is 18.2. The monoisotopic (exact) mass is 338 g/mol. The Hall–Kier alpha value is -3.37. The summed E-state index contributed by atoms with van der Waals surface area (Å²) in [4.78, 5) is 15.2. The molecule has 0 fully saturated rings. The molecule has 25 heavy (non-hydrogen) atoms. The van der Waals surface area contributed by atoms with Crippen molar-refractivity contribution in [3.05, 3.63) is 59.0 Å². The summed E-state index contributed by atoms with van der Waals surface area (Å²) >= 11 is 0. The van der Waals surface area contributed by atoms with Gasteiger partial charge in [0.15, 0.2) is 12.2 Å². The first-order chi connectivity index (χ1) is 12.1. The van der Waals surface area contributed by atoms with Crippen molar-refractivity contribution in [3.8, 4) is 11.8 Å². The predicted molar refractivity (Wildman–Crippen MR) is 87.2 cm³/mol. The number of carboxylic acid groups (broad SMARTS) is 1. The first-order valence-electron chi connectivity index (χ1n) is 7.38. The highest BCUT2D eigenvalue weighted by Crippen LogP contribution is 2.23. The number of oxazole rings is 1. The molecular formula is C18H14N2O5. The van der Waals surface area contributed by atoms with Crippen molar-refractivity contribution in [3.63, 3.8) is 0 Å². The Kier molecular flexibility index (Phi) is 4.64. The molecule has 0 unspecified atom stereocenters. The minimum Gasteiger partial charge on any atom is -0.482 e. The van der Waals surface area contributed by atoms with Crippen LogP contribution in [0.1, 0.15) is 27.4 Å². The number of nitrogens with zero attached hydrogens (tertiary/aromatic N) is 2. The van der Waals surface area contributed by atoms with Crippen LogP contribution in [0.15, 0.2) is 40.8 Å². The Morgan fingerprint density at radius 1 is 1.28 bits per heavy atom. The highest BCUT2D eigenvalue weighted by molar-refractivity contribution is 5.91. The third-order valence-electron chi connectivity index (χ3n) is 3.51. The molecule has 1 N–H and O–H groups in total. The molecule has 0 spiro atoms. The number of fused-ring (bicyclic) bond motifs is 1. The topological polar surface area (TPSA) is 106 Å². The minimum atomic E-state index is -1.04. The molecule has 2 aromatic carbocycles. The van der Waals surface area contributed by atoms with Gasteiger partial charge in [-0.25, -0.2) is 9.78 Å². The number of methoxy groups -OCH3 is 1. The van der Waals surface area contributed by atoms with Gasteiger partial charge in [0.25, 0.3) is 0 Å². The Balaban J connectivity index is 1.81. The molecule has 0 saturated carbocycles. The summed E-state index contributed by atoms with van der Waals surface area (Å²) in [7, 11) is 1.59. The van der Waals surface area contributed by atoms with Crippen LogP contribution in [-0.4, -0.2) is 23.2 Å². The Bertz CT molecular complexity index is 971. The normalized spacial score (nSPS) is 10.6. The second-order valence-electron chi connectivity index (χ2n) is 5.26. The number of carboxylic acids is 1. The first kappa shape index (κ1) is 16.5. The van der Waals surface area contributed by atoms with E-state index in [4.69, 9.17) is 19.0 Å². The van der Waals surface area contributed by atoms with Gasteiger partial charge in [-0.2, -0.15) is 5.26 Å². The van der Waals surface area contributed by atoms with Crippen LogP contribution < -0.4 is 4.74 Å². The first-order valence-corrected chi connectivity index (χ1v) is 7.38. The summed E-state index contributed by atoms with van der Waals surface area (Å²) in [6.45, 7) is 0.422. The molecule has 3 aromatic rings. The zero-order valence-corrected chi connectivity index (χ0v) is 13.4. The maximum absolute atomic E-state index is 11.0. The van der Waals surface area contributed by atoms with Gasteiger partial charge in [-0.15, -0.1) is 0 Å². The molecule has 0 amide bonds. The highest BCUT2D eigenvalue weighted by atomic mass is 16.5. The van der Waals surface area contributed by atoms with Crippen LogP contribution in [0.2, 0.25) is 0 Å². The van der Waals surface area contributed by atoms with Gasteiger partial charge >= 0.3 is 5.97 Å². The van der Waals surface area contributed by atoms with Crippen LogP contribution in [0.3, 0.4) is 0 Å². The van der Waals surface area contributed by atoms with Gasteiger partial charge in [-0.05, 0) is 35.9 Å². The van der Waals surface area contributed by atoms with Gasteiger partial charge in [0.1, 0.15) is 17.3 Å². The Labute approximate surface area is 143 Å². The van der Waals surface area contributed by atoms with E-state index in [2.05, 4.69) is 11.1 Å². The number of ether oxygens (including phenoxy) is 2. The lowest BCUT2D eigenvalue weighted by Gasteiger charge is -2.08. The minimum absolute atomic E-state index is 0.0161. The summed E-state index contributed by atoms with van der Waals surface area (Å²) in [5.74, 6) is -0.339. The molecule has 0 bridgehead atoms. The van der Waals surface area contributed by atoms with Crippen molar-refractivity contribution in [1.29, 1.82) is 5.26 Å². The Morgan fingerprint density at radius 2 is 2.12 bits per heavy atom. The zero-order chi connectivity index (χ0) is 17.8. The second kappa shape index (κ2) is 7.03. The highest BCUT2D eigenvalue weighted by Gasteiger charge is 2.12. The molecule has 0 saturated heterocycles. The van der Waals surface area contributed by atoms with E-state index in [1.807, 2.05) is 0 Å². The molecule has 0 atom stereocenters. The molecule has 7 nitrogen and oxygen atoms in total. The standard InChI is InChI=1S/C18H14N2O5/c1-23-9-11-2-3-13(8-19)15(6-11)24-10-17-20-14-5-4-12(18(21)22)7-16(14)25-17/h2-7H,9-10H2,1H3,(H,21,22). The molecule has 126 valence electrons. The number of aromatic nitrogens is 1. The summed E-state index contributed by atoms with van der Waals surface area (Å²) in [5.41, 5.74) is 2.30. The van der Waals surface area contributed by atoms with Crippen molar-refractivity contribution < 1.29 is 23.8 Å². The van der Waals surface area contributed by atoms with Crippen molar-refractivity contribution in [2.24, 2.45) is 0 Å². The van der Waals surface area contributed by atoms with Crippen LogP contribution >= 0.6 is 0 Å². The summed E-state index contributed by atoms with van der Waals surface area (Å²) in [6.07, 6.45) is 0. The van der Waals surface area contributed by atoms with Gasteiger partial charge in [0.2, 0.25) is 5.89 Å². The maximum Gasteiger partial charge on any atom is 0.335 e. The van der Waals surface area contributed by atoms with Gasteiger partial charge in [0.05, 0.1) is 17.7 Å². The van der Waals surface area contributed by atoms with E-state index >= 15 is 0 Å². The Morgan fingerprint density at radius 3 is 2.84 bits per heavy atom. The van der Waals surface area contributed by atoms with E-state index in [-0.39, 0.29) is 12.2 Å². The molecule has 1 aromatic heterocycles. The zero-order valence-electron chi connectivity index (χ0n) is 13.4. The lowest BCUT2D eigenvalue weighted by molar-refractivity contribution is 0.0697. The molecule has 0 aliphatic carbocycles. The number of hydrogen-bond donors (Lipinski definition) is 1. The fourth-order valence-electron chi connectivity index (χ4n) is 2.34. The van der Waals surface area contributed by atoms with Crippen LogP contribution in [-0.2, 0) is 18.0 Å². The van der Waals surface area contributed by atoms with Gasteiger partial charge in [-0.1, -0.05) is 6.07 Å². The van der Waals surface area contributed by atoms with Gasteiger partial charge < -0.3 is 19.0 Å². The van der Waals surface area contributed by atoms with E-state index < -0.39 is 5.97 Å². The van der Waals surface area contributed by atoms with Crippen molar-refractivity contribution in [2.45, 2.75) is 13.2 Å². The maximum atomic E-state index is 11.0. The third-order valence-corrected chi connectivity index (χ3v) is 3.51. The quantitative estimate of drug-likeness (QED) is 0.736. The third kappa shape index (κ3) is 3.59. The lowest BCUT2D eigenvalue weighted by atomic mass is 10.1. The van der Waals surface area contributed by atoms with E-state index in [0.29, 0.717) is 34.9 Å². The van der Waals surface area contributed by atoms with Crippen molar-refractivity contribution >= 4 is 17.1 Å². The van der Waals surface area contributed by atoms with E-state index in [1.54, 1.807) is 31.4 Å². The molecule has 7 heteroatoms. The number of nitriles is 1. The smallest absolute Gasteiger partial charge is 0.335 e. The number of rotatable bonds is 6. The van der Waals surface area contributed by atoms with Crippen LogP contribution in [0.25, 0.3) is 11.1 Å². The van der Waals surface area contributed by atoms with Crippen LogP contribution in [0.5, 0.6) is 5.75 Å². The lowest BCUT2D eigenvalue weighted by Crippen LogP contribution is -1.99. The van der Waals surface area contributed by atoms with Crippen molar-refractivity contribution in [1.82, 2.24) is 4.98 Å². The number of aromatic carboxylic acids is 1. The molecule has 3 rings (SSSR count). The van der Waals surface area contributed by atoms with Crippen LogP contribution in [0, 0.1) is 11.3 Å². The summed E-state index contributed by atoms with van der Waals surface area (Å²) < 4.78 is 16.3. The van der Waals surface area contributed by atoms with Gasteiger partial charge in [0, 0.05) is 7.11 Å². The molecule has 1 heterocycles. The fourth-order valence-corrected chi connectivity index (χ4v) is 2.34. The number of carbonyl (C=O) groups is 1. The number of benzene rings is 2. The predicted octanol–water partition coefficient (Wildman–Crippen LogP) is 3.12. The molecule has 0 aliphatic heterocycles. The summed E-state index contributed by atoms with van der Waals surface area (Å²) in [6, 6.07) is 11.7. The molecular weight excluding hydrogens is 324 g/mol. The molecule has 0 radical (unpaired) electrons. The van der Waals surface area contributed by atoms with E-state index in [9.17, 15) is 10.1 Å². The van der Waals surface area contributed by atoms with E-state index in [0.717, 1.165) is 5.56 Å².